The summed E-state index contributed by atoms with van der Waals surface area (Å²) in [6.07, 6.45) is 0. The highest BCUT2D eigenvalue weighted by Gasteiger charge is 2.26. The summed E-state index contributed by atoms with van der Waals surface area (Å²) in [4.78, 5) is 0. The van der Waals surface area contributed by atoms with Gasteiger partial charge in [0.15, 0.2) is 46.5 Å². The topological polar surface area (TPSA) is 0 Å². The molecule has 0 nitrogen and oxygen atoms in total. The summed E-state index contributed by atoms with van der Waals surface area (Å²) in [7, 11) is -0.0619. The lowest BCUT2D eigenvalue weighted by atomic mass is 9.62. The van der Waals surface area contributed by atoms with E-state index in [0.717, 1.165) is 0 Å². The Kier molecular flexibility index (Phi) is 3.93. The van der Waals surface area contributed by atoms with Crippen LogP contribution in [0.2, 0.25) is 0 Å². The maximum absolute atomic E-state index is 13.3. The molecule has 0 spiro atoms. The summed E-state index contributed by atoms with van der Waals surface area (Å²) in [5, 5.41) is 0. The Labute approximate surface area is 113 Å². The SMILES string of the molecule is Fc1cc(F)c(F)c([B]c2c(F)c(F)cc(F)c2F)c1F. The minimum absolute atomic E-state index is 0.0619. The average Bonchev–Trinajstić information content (AvgIpc) is 2.42. The first-order chi connectivity index (χ1) is 9.73. The largest absolute Gasteiger partial charge is 0.207 e. The molecular formula is C12H2BF8. The molecule has 0 saturated heterocycles. The Balaban J connectivity index is 2.64. The Morgan fingerprint density at radius 3 is 0.952 bits per heavy atom. The number of halogens is 8. The Morgan fingerprint density at radius 1 is 0.476 bits per heavy atom. The number of hydrogen-bond acceptors (Lipinski definition) is 0. The molecule has 0 amide bonds. The molecule has 21 heavy (non-hydrogen) atoms. The van der Waals surface area contributed by atoms with Crippen LogP contribution in [0.1, 0.15) is 0 Å². The van der Waals surface area contributed by atoms with Crippen molar-refractivity contribution in [2.24, 2.45) is 0 Å². The van der Waals surface area contributed by atoms with Gasteiger partial charge in [-0.25, -0.2) is 35.1 Å². The zero-order valence-electron chi connectivity index (χ0n) is 9.76. The van der Waals surface area contributed by atoms with Crippen molar-refractivity contribution in [3.8, 4) is 0 Å². The molecule has 0 atom stereocenters. The first-order valence-electron chi connectivity index (χ1n) is 5.24. The van der Waals surface area contributed by atoms with Gasteiger partial charge in [0.1, 0.15) is 0 Å². The quantitative estimate of drug-likeness (QED) is 0.454. The van der Waals surface area contributed by atoms with E-state index < -0.39 is 57.5 Å². The van der Waals surface area contributed by atoms with Crippen molar-refractivity contribution in [3.05, 3.63) is 58.7 Å². The van der Waals surface area contributed by atoms with E-state index in [2.05, 4.69) is 0 Å². The van der Waals surface area contributed by atoms with Gasteiger partial charge < -0.3 is 0 Å². The van der Waals surface area contributed by atoms with Crippen molar-refractivity contribution < 1.29 is 35.1 Å². The van der Waals surface area contributed by atoms with Crippen molar-refractivity contribution in [2.75, 3.05) is 0 Å². The molecule has 109 valence electrons. The molecule has 0 aliphatic carbocycles. The van der Waals surface area contributed by atoms with Gasteiger partial charge in [0.2, 0.25) is 7.28 Å². The van der Waals surface area contributed by atoms with E-state index in [1.54, 1.807) is 0 Å². The summed E-state index contributed by atoms with van der Waals surface area (Å²) in [6.45, 7) is 0. The van der Waals surface area contributed by atoms with Crippen LogP contribution in [-0.4, -0.2) is 7.28 Å². The second-order valence-electron chi connectivity index (χ2n) is 3.91. The van der Waals surface area contributed by atoms with Crippen LogP contribution in [-0.2, 0) is 0 Å². The molecule has 2 rings (SSSR count). The zero-order chi connectivity index (χ0) is 15.9. The fraction of sp³-hybridized carbons (Fsp3) is 0. The Morgan fingerprint density at radius 2 is 0.714 bits per heavy atom. The van der Waals surface area contributed by atoms with Gasteiger partial charge >= 0.3 is 0 Å². The molecule has 2 aromatic rings. The smallest absolute Gasteiger partial charge is 0.204 e. The van der Waals surface area contributed by atoms with E-state index in [9.17, 15) is 35.1 Å². The molecule has 0 aliphatic rings. The molecule has 0 heterocycles. The van der Waals surface area contributed by atoms with Gasteiger partial charge in [0.25, 0.3) is 0 Å². The zero-order valence-corrected chi connectivity index (χ0v) is 9.76. The summed E-state index contributed by atoms with van der Waals surface area (Å²) < 4.78 is 105. The van der Waals surface area contributed by atoms with Gasteiger partial charge in [0.05, 0.1) is 0 Å². The predicted molar refractivity (Wildman–Crippen MR) is 57.6 cm³/mol. The van der Waals surface area contributed by atoms with Crippen LogP contribution >= 0.6 is 0 Å². The van der Waals surface area contributed by atoms with E-state index in [1.807, 2.05) is 0 Å². The van der Waals surface area contributed by atoms with Crippen LogP contribution in [0.15, 0.2) is 12.1 Å². The van der Waals surface area contributed by atoms with Crippen LogP contribution < -0.4 is 10.9 Å². The molecule has 0 fully saturated rings. The number of benzene rings is 2. The third kappa shape index (κ3) is 2.59. The predicted octanol–water partition coefficient (Wildman–Crippen LogP) is 2.45. The van der Waals surface area contributed by atoms with Crippen molar-refractivity contribution in [2.45, 2.75) is 0 Å². The third-order valence-corrected chi connectivity index (χ3v) is 2.58. The fourth-order valence-electron chi connectivity index (χ4n) is 1.58. The molecule has 0 saturated carbocycles. The van der Waals surface area contributed by atoms with Crippen molar-refractivity contribution >= 4 is 18.2 Å². The molecule has 0 N–H and O–H groups in total. The maximum atomic E-state index is 13.3. The first kappa shape index (κ1) is 15.3. The van der Waals surface area contributed by atoms with Crippen LogP contribution in [0, 0.1) is 46.5 Å². The lowest BCUT2D eigenvalue weighted by molar-refractivity contribution is 0.460. The molecule has 2 aromatic carbocycles. The van der Waals surface area contributed by atoms with E-state index in [-0.39, 0.29) is 19.4 Å². The van der Waals surface area contributed by atoms with Crippen LogP contribution in [0.3, 0.4) is 0 Å². The molecule has 0 bridgehead atoms. The average molecular weight is 309 g/mol. The molecule has 0 unspecified atom stereocenters. The fourth-order valence-corrected chi connectivity index (χ4v) is 1.58. The highest BCUT2D eigenvalue weighted by molar-refractivity contribution is 6.67. The maximum Gasteiger partial charge on any atom is 0.207 e. The summed E-state index contributed by atoms with van der Waals surface area (Å²) in [5.41, 5.74) is -3.01. The number of hydrogen-bond donors (Lipinski definition) is 0. The second kappa shape index (κ2) is 5.38. The Bertz CT molecular complexity index is 614. The molecule has 1 radical (unpaired) electrons. The normalized spacial score (nSPS) is 10.9. The van der Waals surface area contributed by atoms with Crippen molar-refractivity contribution in [1.29, 1.82) is 0 Å². The van der Waals surface area contributed by atoms with E-state index in [4.69, 9.17) is 0 Å². The van der Waals surface area contributed by atoms with Crippen LogP contribution in [0.4, 0.5) is 35.1 Å². The monoisotopic (exact) mass is 309 g/mol. The number of rotatable bonds is 2. The minimum atomic E-state index is -1.96. The van der Waals surface area contributed by atoms with E-state index in [0.29, 0.717) is 0 Å². The standard InChI is InChI=1S/C12H2BF8/c14-3-1-4(15)10(19)7(9(3)18)13-8-11(20)5(16)2-6(17)12(8)21/h1-2H. The van der Waals surface area contributed by atoms with Crippen LogP contribution in [0.5, 0.6) is 0 Å². The van der Waals surface area contributed by atoms with Gasteiger partial charge in [-0.1, -0.05) is 0 Å². The van der Waals surface area contributed by atoms with Crippen LogP contribution in [0.25, 0.3) is 0 Å². The third-order valence-electron chi connectivity index (χ3n) is 2.58. The molecule has 9 heteroatoms. The highest BCUT2D eigenvalue weighted by atomic mass is 19.2. The van der Waals surface area contributed by atoms with Gasteiger partial charge in [0, 0.05) is 12.1 Å². The lowest BCUT2D eigenvalue weighted by Gasteiger charge is -2.09. The summed E-state index contributed by atoms with van der Waals surface area (Å²) in [6, 6.07) is -0.248. The summed E-state index contributed by atoms with van der Waals surface area (Å²) in [5.74, 6) is -15.2. The molecule has 0 aromatic heterocycles. The Hall–Kier alpha value is -2.06. The highest BCUT2D eigenvalue weighted by Crippen LogP contribution is 2.13. The van der Waals surface area contributed by atoms with Gasteiger partial charge in [-0.15, -0.1) is 0 Å². The molecular weight excluding hydrogens is 307 g/mol. The first-order valence-corrected chi connectivity index (χ1v) is 5.24. The second-order valence-corrected chi connectivity index (χ2v) is 3.91. The molecule has 0 aliphatic heterocycles. The van der Waals surface area contributed by atoms with Gasteiger partial charge in [-0.2, -0.15) is 0 Å². The lowest BCUT2D eigenvalue weighted by Crippen LogP contribution is -2.38. The van der Waals surface area contributed by atoms with Crippen molar-refractivity contribution in [3.63, 3.8) is 0 Å². The van der Waals surface area contributed by atoms with E-state index in [1.165, 1.54) is 0 Å². The van der Waals surface area contributed by atoms with Crippen molar-refractivity contribution in [1.82, 2.24) is 0 Å². The van der Waals surface area contributed by atoms with E-state index >= 15 is 0 Å². The van der Waals surface area contributed by atoms with Gasteiger partial charge in [-0.3, -0.25) is 0 Å². The van der Waals surface area contributed by atoms with Gasteiger partial charge in [-0.05, 0) is 10.9 Å². The summed E-state index contributed by atoms with van der Waals surface area (Å²) >= 11 is 0. The minimum Gasteiger partial charge on any atom is -0.204 e.